The Balaban J connectivity index is 1.78. The van der Waals surface area contributed by atoms with Crippen molar-refractivity contribution in [3.8, 4) is 0 Å². The van der Waals surface area contributed by atoms with Gasteiger partial charge in [-0.3, -0.25) is 4.79 Å². The van der Waals surface area contributed by atoms with Gasteiger partial charge in [-0.15, -0.1) is 0 Å². The zero-order valence-corrected chi connectivity index (χ0v) is 20.3. The van der Waals surface area contributed by atoms with Crippen LogP contribution in [0.25, 0.3) is 0 Å². The Morgan fingerprint density at radius 3 is 2.10 bits per heavy atom. The summed E-state index contributed by atoms with van der Waals surface area (Å²) in [5.41, 5.74) is 0.475. The van der Waals surface area contributed by atoms with E-state index in [1.807, 2.05) is 0 Å². The number of piperidine rings is 1. The van der Waals surface area contributed by atoms with Gasteiger partial charge in [0, 0.05) is 30.7 Å². The van der Waals surface area contributed by atoms with E-state index in [0.29, 0.717) is 11.8 Å². The molecular weight excluding hydrogens is 372 g/mol. The predicted molar refractivity (Wildman–Crippen MR) is 125 cm³/mol. The number of rotatable bonds is 0. The van der Waals surface area contributed by atoms with Gasteiger partial charge in [-0.2, -0.15) is 0 Å². The van der Waals surface area contributed by atoms with Crippen LogP contribution in [0.2, 0.25) is 0 Å². The van der Waals surface area contributed by atoms with Gasteiger partial charge < -0.3 is 15.4 Å². The molecule has 3 fully saturated rings. The van der Waals surface area contributed by atoms with Crippen molar-refractivity contribution < 1.29 is 9.53 Å². The highest BCUT2D eigenvalue weighted by Crippen LogP contribution is 2.48. The first-order valence-corrected chi connectivity index (χ1v) is 12.8. The molecule has 0 aromatic carbocycles. The molecule has 0 radical (unpaired) electrons. The van der Waals surface area contributed by atoms with Crippen molar-refractivity contribution in [2.45, 2.75) is 141 Å². The van der Waals surface area contributed by atoms with Crippen LogP contribution in [0.15, 0.2) is 0 Å². The zero-order chi connectivity index (χ0) is 21.7. The van der Waals surface area contributed by atoms with Crippen LogP contribution in [0.1, 0.15) is 124 Å². The van der Waals surface area contributed by atoms with Gasteiger partial charge >= 0.3 is 0 Å². The fraction of sp³-hybridized carbons (Fsp3) is 0.962. The summed E-state index contributed by atoms with van der Waals surface area (Å²) in [6.45, 7) is 11.1. The van der Waals surface area contributed by atoms with E-state index in [4.69, 9.17) is 4.74 Å². The lowest BCUT2D eigenvalue weighted by atomic mass is 9.66. The number of ether oxygens (including phenoxy) is 1. The van der Waals surface area contributed by atoms with Crippen LogP contribution in [0.4, 0.5) is 0 Å². The molecule has 1 amide bonds. The first-order chi connectivity index (χ1) is 14.1. The smallest absolute Gasteiger partial charge is 0.220 e. The van der Waals surface area contributed by atoms with E-state index in [1.165, 1.54) is 51.4 Å². The Labute approximate surface area is 185 Å². The van der Waals surface area contributed by atoms with Crippen molar-refractivity contribution in [3.63, 3.8) is 0 Å². The molecule has 3 aliphatic rings. The van der Waals surface area contributed by atoms with Crippen LogP contribution in [-0.4, -0.2) is 35.7 Å². The van der Waals surface area contributed by atoms with E-state index in [0.717, 1.165) is 51.7 Å². The largest absolute Gasteiger partial charge is 0.375 e. The molecule has 3 heterocycles. The number of nitrogens with one attached hydrogen (secondary N) is 2. The lowest BCUT2D eigenvalue weighted by Gasteiger charge is -2.53. The molecule has 1 atom stereocenters. The molecule has 4 nitrogen and oxygen atoms in total. The molecule has 3 rings (SSSR count). The molecule has 1 unspecified atom stereocenters. The second-order valence-corrected chi connectivity index (χ2v) is 12.1. The lowest BCUT2D eigenvalue weighted by Crippen LogP contribution is -2.64. The van der Waals surface area contributed by atoms with Crippen molar-refractivity contribution in [3.05, 3.63) is 0 Å². The van der Waals surface area contributed by atoms with Gasteiger partial charge in [0.2, 0.25) is 5.91 Å². The van der Waals surface area contributed by atoms with Crippen molar-refractivity contribution in [1.29, 1.82) is 0 Å². The Morgan fingerprint density at radius 2 is 1.37 bits per heavy atom. The molecule has 2 N–H and O–H groups in total. The molecule has 0 aliphatic carbocycles. The summed E-state index contributed by atoms with van der Waals surface area (Å²) in [7, 11) is 0. The highest BCUT2D eigenvalue weighted by atomic mass is 16.5. The Kier molecular flexibility index (Phi) is 7.93. The highest BCUT2D eigenvalue weighted by Gasteiger charge is 2.49. The molecule has 3 aliphatic heterocycles. The third-order valence-electron chi connectivity index (χ3n) is 7.91. The van der Waals surface area contributed by atoms with E-state index >= 15 is 0 Å². The second kappa shape index (κ2) is 9.90. The fourth-order valence-electron chi connectivity index (χ4n) is 7.01. The minimum Gasteiger partial charge on any atom is -0.375 e. The third kappa shape index (κ3) is 6.95. The van der Waals surface area contributed by atoms with Gasteiger partial charge in [-0.1, -0.05) is 32.1 Å². The minimum atomic E-state index is -0.0263. The Bertz CT molecular complexity index is 555. The Morgan fingerprint density at radius 1 is 0.733 bits per heavy atom. The van der Waals surface area contributed by atoms with Crippen molar-refractivity contribution >= 4 is 5.91 Å². The van der Waals surface area contributed by atoms with Crippen LogP contribution in [0.3, 0.4) is 0 Å². The predicted octanol–water partition coefficient (Wildman–Crippen LogP) is 5.88. The van der Waals surface area contributed by atoms with Crippen LogP contribution in [-0.2, 0) is 9.53 Å². The van der Waals surface area contributed by atoms with Gasteiger partial charge in [0.1, 0.15) is 0 Å². The monoisotopic (exact) mass is 420 g/mol. The number of carbonyl (C=O) groups is 1. The normalized spacial score (nSPS) is 33.4. The number of hydrogen-bond donors (Lipinski definition) is 2. The van der Waals surface area contributed by atoms with E-state index in [1.54, 1.807) is 0 Å². The highest BCUT2D eigenvalue weighted by molar-refractivity contribution is 5.75. The van der Waals surface area contributed by atoms with Gasteiger partial charge in [-0.25, -0.2) is 0 Å². The average molecular weight is 421 g/mol. The van der Waals surface area contributed by atoms with E-state index in [2.05, 4.69) is 38.3 Å². The first kappa shape index (κ1) is 24.0. The van der Waals surface area contributed by atoms with Gasteiger partial charge in [0.15, 0.2) is 0 Å². The molecule has 174 valence electrons. The van der Waals surface area contributed by atoms with Gasteiger partial charge in [0.25, 0.3) is 0 Å². The van der Waals surface area contributed by atoms with Gasteiger partial charge in [0.05, 0.1) is 5.60 Å². The minimum absolute atomic E-state index is 0.0263. The summed E-state index contributed by atoms with van der Waals surface area (Å²) in [5, 5.41) is 7.01. The molecule has 4 heteroatoms. The molecule has 3 saturated heterocycles. The summed E-state index contributed by atoms with van der Waals surface area (Å²) < 4.78 is 6.74. The van der Waals surface area contributed by atoms with Crippen LogP contribution < -0.4 is 10.6 Å². The van der Waals surface area contributed by atoms with Crippen LogP contribution in [0.5, 0.6) is 0 Å². The molecule has 30 heavy (non-hydrogen) atoms. The van der Waals surface area contributed by atoms with Crippen molar-refractivity contribution in [2.75, 3.05) is 13.2 Å². The maximum Gasteiger partial charge on any atom is 0.220 e. The zero-order valence-electron chi connectivity index (χ0n) is 20.3. The molecule has 0 bridgehead atoms. The first-order valence-electron chi connectivity index (χ1n) is 12.8. The van der Waals surface area contributed by atoms with E-state index in [-0.39, 0.29) is 22.6 Å². The van der Waals surface area contributed by atoms with Crippen LogP contribution >= 0.6 is 0 Å². The number of hydrogen-bond acceptors (Lipinski definition) is 3. The summed E-state index contributed by atoms with van der Waals surface area (Å²) in [6.07, 6.45) is 17.6. The second-order valence-electron chi connectivity index (χ2n) is 12.1. The molecule has 2 spiro atoms. The summed E-state index contributed by atoms with van der Waals surface area (Å²) in [6, 6.07) is 0. The van der Waals surface area contributed by atoms with Crippen molar-refractivity contribution in [2.24, 2.45) is 5.41 Å². The topological polar surface area (TPSA) is 50.4 Å². The standard InChI is InChI=1S/C26H48N2O2/c1-23(2)20-26(21-24(3,4)28-23)17-16-25(14-9-11-19-30-26)13-8-6-5-7-10-18-27-22(29)12-15-25/h28H,5-21H2,1-4H3,(H,27,29). The summed E-state index contributed by atoms with van der Waals surface area (Å²) in [4.78, 5) is 12.5. The summed E-state index contributed by atoms with van der Waals surface area (Å²) >= 11 is 0. The molecule has 0 saturated carbocycles. The Hall–Kier alpha value is -0.610. The quantitative estimate of drug-likeness (QED) is 0.514. The van der Waals surface area contributed by atoms with E-state index < -0.39 is 0 Å². The third-order valence-corrected chi connectivity index (χ3v) is 7.91. The number of carbonyl (C=O) groups excluding carboxylic acids is 1. The van der Waals surface area contributed by atoms with Crippen LogP contribution in [0, 0.1) is 5.41 Å². The molecule has 0 aromatic rings. The number of amides is 1. The maximum absolute atomic E-state index is 12.5. The SMILES string of the molecule is CC1(C)CC2(CCC3(CCCCCCCNC(=O)CC3)CCCCO2)CC(C)(C)N1. The molecular formula is C26H48N2O2. The lowest BCUT2D eigenvalue weighted by molar-refractivity contribution is -0.122. The average Bonchev–Trinajstić information content (AvgIpc) is 2.69. The summed E-state index contributed by atoms with van der Waals surface area (Å²) in [5.74, 6) is 0.268. The fourth-order valence-corrected chi connectivity index (χ4v) is 7.01. The maximum atomic E-state index is 12.5. The molecule has 0 aromatic heterocycles. The van der Waals surface area contributed by atoms with Gasteiger partial charge in [-0.05, 0) is 90.9 Å². The van der Waals surface area contributed by atoms with Crippen molar-refractivity contribution in [1.82, 2.24) is 10.6 Å². The van der Waals surface area contributed by atoms with E-state index in [9.17, 15) is 4.79 Å².